The minimum Gasteiger partial charge on any atom is -0.508 e. The van der Waals surface area contributed by atoms with Gasteiger partial charge in [0.25, 0.3) is 0 Å². The molecule has 0 unspecified atom stereocenters. The van der Waals surface area contributed by atoms with Crippen LogP contribution in [0.2, 0.25) is 0 Å². The number of aromatic hydroxyl groups is 1. The minimum atomic E-state index is -3.23. The van der Waals surface area contributed by atoms with Gasteiger partial charge >= 0.3 is 0 Å². The maximum absolute atomic E-state index is 12.0. The van der Waals surface area contributed by atoms with E-state index in [0.29, 0.717) is 17.1 Å². The SMILES string of the molecule is CCS(=O)(=O)c1ccccc1NCCc1ccc(O)cc1. The first kappa shape index (κ1) is 15.4. The summed E-state index contributed by atoms with van der Waals surface area (Å²) in [4.78, 5) is 0.346. The summed E-state index contributed by atoms with van der Waals surface area (Å²) < 4.78 is 24.0. The predicted octanol–water partition coefficient (Wildman–Crippen LogP) is 2.84. The number of sulfone groups is 1. The average molecular weight is 305 g/mol. The molecule has 2 rings (SSSR count). The minimum absolute atomic E-state index is 0.0870. The summed E-state index contributed by atoms with van der Waals surface area (Å²) in [5.41, 5.74) is 1.72. The van der Waals surface area contributed by atoms with E-state index in [9.17, 15) is 13.5 Å². The zero-order valence-electron chi connectivity index (χ0n) is 11.9. The van der Waals surface area contributed by atoms with E-state index in [2.05, 4.69) is 5.32 Å². The molecular formula is C16H19NO3S. The summed E-state index contributed by atoms with van der Waals surface area (Å²) in [5.74, 6) is 0.329. The van der Waals surface area contributed by atoms with Gasteiger partial charge in [-0.2, -0.15) is 0 Å². The summed E-state index contributed by atoms with van der Waals surface area (Å²) in [5, 5.41) is 12.4. The second-order valence-corrected chi connectivity index (χ2v) is 6.99. The zero-order chi connectivity index (χ0) is 15.3. The molecule has 2 aromatic carbocycles. The van der Waals surface area contributed by atoms with Gasteiger partial charge < -0.3 is 10.4 Å². The lowest BCUT2D eigenvalue weighted by molar-refractivity contribution is 0.475. The van der Waals surface area contributed by atoms with Gasteiger partial charge in [0, 0.05) is 6.54 Å². The largest absolute Gasteiger partial charge is 0.508 e. The van der Waals surface area contributed by atoms with Gasteiger partial charge in [0.05, 0.1) is 16.3 Å². The van der Waals surface area contributed by atoms with Crippen LogP contribution in [0.5, 0.6) is 5.75 Å². The van der Waals surface area contributed by atoms with Crippen LogP contribution in [0.4, 0.5) is 5.69 Å². The molecule has 4 nitrogen and oxygen atoms in total. The first-order chi connectivity index (χ1) is 10.0. The molecule has 112 valence electrons. The van der Waals surface area contributed by atoms with Crippen molar-refractivity contribution < 1.29 is 13.5 Å². The van der Waals surface area contributed by atoms with Gasteiger partial charge in [-0.1, -0.05) is 31.2 Å². The molecule has 21 heavy (non-hydrogen) atoms. The van der Waals surface area contributed by atoms with Crippen LogP contribution in [0.3, 0.4) is 0 Å². The highest BCUT2D eigenvalue weighted by Gasteiger charge is 2.15. The zero-order valence-corrected chi connectivity index (χ0v) is 12.7. The van der Waals surface area contributed by atoms with Crippen molar-refractivity contribution >= 4 is 15.5 Å². The van der Waals surface area contributed by atoms with E-state index in [-0.39, 0.29) is 11.5 Å². The Balaban J connectivity index is 2.05. The summed E-state index contributed by atoms with van der Waals surface area (Å²) >= 11 is 0. The lowest BCUT2D eigenvalue weighted by Crippen LogP contribution is -2.11. The lowest BCUT2D eigenvalue weighted by Gasteiger charge is -2.11. The number of hydrogen-bond donors (Lipinski definition) is 2. The number of phenolic OH excluding ortho intramolecular Hbond substituents is 1. The number of benzene rings is 2. The number of anilines is 1. The van der Waals surface area contributed by atoms with Gasteiger partial charge in [-0.05, 0) is 36.2 Å². The van der Waals surface area contributed by atoms with Crippen LogP contribution in [0.1, 0.15) is 12.5 Å². The predicted molar refractivity (Wildman–Crippen MR) is 84.5 cm³/mol. The molecule has 0 spiro atoms. The smallest absolute Gasteiger partial charge is 0.180 e. The van der Waals surface area contributed by atoms with Crippen molar-refractivity contribution in [3.63, 3.8) is 0 Å². The molecule has 0 fully saturated rings. The second-order valence-electron chi connectivity index (χ2n) is 4.74. The maximum Gasteiger partial charge on any atom is 0.180 e. The third-order valence-electron chi connectivity index (χ3n) is 3.27. The van der Waals surface area contributed by atoms with Gasteiger partial charge in [-0.3, -0.25) is 0 Å². The van der Waals surface area contributed by atoms with Crippen molar-refractivity contribution in [2.75, 3.05) is 17.6 Å². The molecule has 0 saturated heterocycles. The van der Waals surface area contributed by atoms with Gasteiger partial charge in [-0.25, -0.2) is 8.42 Å². The van der Waals surface area contributed by atoms with Crippen molar-refractivity contribution in [2.45, 2.75) is 18.2 Å². The van der Waals surface area contributed by atoms with E-state index >= 15 is 0 Å². The Kier molecular flexibility index (Phi) is 4.85. The molecule has 0 amide bonds. The molecule has 0 aliphatic rings. The molecule has 0 bridgehead atoms. The molecular weight excluding hydrogens is 286 g/mol. The number of rotatable bonds is 6. The van der Waals surface area contributed by atoms with Crippen LogP contribution in [-0.2, 0) is 16.3 Å². The Morgan fingerprint density at radius 1 is 1.05 bits per heavy atom. The van der Waals surface area contributed by atoms with Crippen molar-refractivity contribution in [3.05, 3.63) is 54.1 Å². The maximum atomic E-state index is 12.0. The molecule has 0 aliphatic heterocycles. The van der Waals surface area contributed by atoms with E-state index in [1.54, 1.807) is 37.3 Å². The Labute approximate surface area is 125 Å². The van der Waals surface area contributed by atoms with E-state index < -0.39 is 9.84 Å². The van der Waals surface area contributed by atoms with E-state index in [4.69, 9.17) is 0 Å². The van der Waals surface area contributed by atoms with Gasteiger partial charge in [0.15, 0.2) is 9.84 Å². The van der Waals surface area contributed by atoms with Crippen LogP contribution >= 0.6 is 0 Å². The Morgan fingerprint density at radius 2 is 1.71 bits per heavy atom. The molecule has 0 atom stereocenters. The average Bonchev–Trinajstić information content (AvgIpc) is 2.50. The Bertz CT molecular complexity index is 694. The van der Waals surface area contributed by atoms with Crippen LogP contribution in [0.15, 0.2) is 53.4 Å². The molecule has 0 aromatic heterocycles. The second kappa shape index (κ2) is 6.63. The monoisotopic (exact) mass is 305 g/mol. The van der Waals surface area contributed by atoms with Gasteiger partial charge in [0.1, 0.15) is 5.75 Å². The van der Waals surface area contributed by atoms with Gasteiger partial charge in [-0.15, -0.1) is 0 Å². The first-order valence-corrected chi connectivity index (χ1v) is 8.51. The molecule has 0 radical (unpaired) electrons. The molecule has 0 aliphatic carbocycles. The van der Waals surface area contributed by atoms with E-state index in [0.717, 1.165) is 12.0 Å². The quantitative estimate of drug-likeness (QED) is 0.861. The topological polar surface area (TPSA) is 66.4 Å². The molecule has 2 aromatic rings. The van der Waals surface area contributed by atoms with Gasteiger partial charge in [0.2, 0.25) is 0 Å². The van der Waals surface area contributed by atoms with Crippen molar-refractivity contribution in [1.29, 1.82) is 0 Å². The van der Waals surface area contributed by atoms with Crippen LogP contribution < -0.4 is 5.32 Å². The summed E-state index contributed by atoms with van der Waals surface area (Å²) in [6, 6.07) is 13.9. The summed E-state index contributed by atoms with van der Waals surface area (Å²) in [7, 11) is -3.23. The first-order valence-electron chi connectivity index (χ1n) is 6.86. The lowest BCUT2D eigenvalue weighted by atomic mass is 10.1. The third-order valence-corrected chi connectivity index (χ3v) is 5.05. The molecule has 0 saturated carbocycles. The van der Waals surface area contributed by atoms with E-state index in [1.165, 1.54) is 0 Å². The highest BCUT2D eigenvalue weighted by Crippen LogP contribution is 2.22. The highest BCUT2D eigenvalue weighted by molar-refractivity contribution is 7.91. The number of nitrogens with one attached hydrogen (secondary N) is 1. The molecule has 5 heteroatoms. The fraction of sp³-hybridized carbons (Fsp3) is 0.250. The number of hydrogen-bond acceptors (Lipinski definition) is 4. The normalized spacial score (nSPS) is 11.3. The fourth-order valence-corrected chi connectivity index (χ4v) is 3.12. The van der Waals surface area contributed by atoms with Crippen molar-refractivity contribution in [3.8, 4) is 5.75 Å². The number of para-hydroxylation sites is 1. The Morgan fingerprint density at radius 3 is 2.38 bits per heavy atom. The number of phenols is 1. The van der Waals surface area contributed by atoms with E-state index in [1.807, 2.05) is 18.2 Å². The van der Waals surface area contributed by atoms with Crippen LogP contribution in [0, 0.1) is 0 Å². The van der Waals surface area contributed by atoms with Crippen LogP contribution in [0.25, 0.3) is 0 Å². The summed E-state index contributed by atoms with van der Waals surface area (Å²) in [6.07, 6.45) is 0.751. The molecule has 0 heterocycles. The highest BCUT2D eigenvalue weighted by atomic mass is 32.2. The van der Waals surface area contributed by atoms with Crippen molar-refractivity contribution in [2.24, 2.45) is 0 Å². The van der Waals surface area contributed by atoms with Crippen LogP contribution in [-0.4, -0.2) is 25.8 Å². The summed E-state index contributed by atoms with van der Waals surface area (Å²) in [6.45, 7) is 2.27. The Hall–Kier alpha value is -2.01. The third kappa shape index (κ3) is 3.98. The standard InChI is InChI=1S/C16H19NO3S/c1-2-21(19,20)16-6-4-3-5-15(16)17-12-11-13-7-9-14(18)10-8-13/h3-10,17-18H,2,11-12H2,1H3. The van der Waals surface area contributed by atoms with Crippen molar-refractivity contribution in [1.82, 2.24) is 0 Å². The fourth-order valence-electron chi connectivity index (χ4n) is 2.04. The molecule has 2 N–H and O–H groups in total.